The highest BCUT2D eigenvalue weighted by Crippen LogP contribution is 2.36. The Morgan fingerprint density at radius 1 is 0.917 bits per heavy atom. The molecule has 0 bridgehead atoms. The Hall–Kier alpha value is -1.84. The molecule has 0 aromatic heterocycles. The molecule has 1 aromatic carbocycles. The van der Waals surface area contributed by atoms with E-state index < -0.39 is 0 Å². The first kappa shape index (κ1) is 17.0. The van der Waals surface area contributed by atoms with Gasteiger partial charge >= 0.3 is 0 Å². The predicted molar refractivity (Wildman–Crippen MR) is 96.0 cm³/mol. The van der Waals surface area contributed by atoms with Crippen molar-refractivity contribution in [3.63, 3.8) is 0 Å². The third-order valence-corrected chi connectivity index (χ3v) is 5.61. The van der Waals surface area contributed by atoms with E-state index in [-0.39, 0.29) is 17.7 Å². The van der Waals surface area contributed by atoms with Crippen LogP contribution in [0.15, 0.2) is 18.2 Å². The molecule has 0 atom stereocenters. The van der Waals surface area contributed by atoms with Gasteiger partial charge in [-0.3, -0.25) is 9.59 Å². The van der Waals surface area contributed by atoms with E-state index in [2.05, 4.69) is 5.32 Å². The third-order valence-electron chi connectivity index (χ3n) is 5.61. The van der Waals surface area contributed by atoms with Crippen LogP contribution in [0, 0.1) is 5.92 Å². The number of nitrogens with one attached hydrogen (secondary N) is 1. The number of rotatable bonds is 4. The zero-order valence-electron chi connectivity index (χ0n) is 14.4. The molecule has 130 valence electrons. The van der Waals surface area contributed by atoms with Gasteiger partial charge in [-0.15, -0.1) is 0 Å². The summed E-state index contributed by atoms with van der Waals surface area (Å²) in [6, 6.07) is 5.58. The number of primary amides is 1. The summed E-state index contributed by atoms with van der Waals surface area (Å²) in [5.74, 6) is 0.261. The van der Waals surface area contributed by atoms with Gasteiger partial charge in [-0.05, 0) is 55.4 Å². The van der Waals surface area contributed by atoms with Crippen LogP contribution < -0.4 is 11.1 Å². The summed E-state index contributed by atoms with van der Waals surface area (Å²) in [4.78, 5) is 24.3. The van der Waals surface area contributed by atoms with Crippen molar-refractivity contribution in [2.45, 2.75) is 70.1 Å². The zero-order valence-corrected chi connectivity index (χ0v) is 14.4. The van der Waals surface area contributed by atoms with Crippen LogP contribution >= 0.6 is 0 Å². The lowest BCUT2D eigenvalue weighted by Gasteiger charge is -2.25. The van der Waals surface area contributed by atoms with E-state index in [1.165, 1.54) is 25.7 Å². The largest absolute Gasteiger partial charge is 0.366 e. The van der Waals surface area contributed by atoms with E-state index in [9.17, 15) is 9.59 Å². The maximum Gasteiger partial charge on any atom is 0.248 e. The van der Waals surface area contributed by atoms with Gasteiger partial charge < -0.3 is 11.1 Å². The summed E-state index contributed by atoms with van der Waals surface area (Å²) in [6.45, 7) is 0. The van der Waals surface area contributed by atoms with Gasteiger partial charge in [-0.2, -0.15) is 0 Å². The van der Waals surface area contributed by atoms with Crippen LogP contribution in [0.4, 0.5) is 5.69 Å². The average Bonchev–Trinajstić information content (AvgIpc) is 2.63. The second-order valence-corrected chi connectivity index (χ2v) is 7.33. The number of anilines is 1. The van der Waals surface area contributed by atoms with E-state index in [0.717, 1.165) is 49.8 Å². The van der Waals surface area contributed by atoms with E-state index in [4.69, 9.17) is 5.73 Å². The molecule has 2 fully saturated rings. The number of hydrogen-bond acceptors (Lipinski definition) is 2. The van der Waals surface area contributed by atoms with Crippen LogP contribution in [0.2, 0.25) is 0 Å². The van der Waals surface area contributed by atoms with Crippen molar-refractivity contribution in [2.75, 3.05) is 5.32 Å². The Bertz CT molecular complexity index is 600. The molecule has 4 nitrogen and oxygen atoms in total. The molecular formula is C20H28N2O2. The first-order valence-electron chi connectivity index (χ1n) is 9.40. The standard InChI is InChI=1S/C20H28N2O2/c21-19(23)17-12-11-16(13-18(17)14-7-3-1-4-8-14)22-20(24)15-9-5-2-6-10-15/h11-15H,1-10H2,(H2,21,23)(H,22,24). The Kier molecular flexibility index (Phi) is 5.54. The van der Waals surface area contributed by atoms with Crippen LogP contribution in [0.25, 0.3) is 0 Å². The molecule has 24 heavy (non-hydrogen) atoms. The number of hydrogen-bond donors (Lipinski definition) is 2. The molecule has 3 rings (SSSR count). The molecule has 4 heteroatoms. The summed E-state index contributed by atoms with van der Waals surface area (Å²) < 4.78 is 0. The van der Waals surface area contributed by atoms with Crippen molar-refractivity contribution < 1.29 is 9.59 Å². The van der Waals surface area contributed by atoms with Gasteiger partial charge in [-0.25, -0.2) is 0 Å². The molecule has 0 heterocycles. The molecule has 2 aliphatic rings. The number of benzene rings is 1. The van der Waals surface area contributed by atoms with E-state index in [1.807, 2.05) is 12.1 Å². The van der Waals surface area contributed by atoms with Crippen LogP contribution in [0.5, 0.6) is 0 Å². The summed E-state index contributed by atoms with van der Waals surface area (Å²) in [6.07, 6.45) is 11.4. The normalized spacial score (nSPS) is 19.8. The van der Waals surface area contributed by atoms with Gasteiger partial charge in [-0.1, -0.05) is 38.5 Å². The van der Waals surface area contributed by atoms with Crippen molar-refractivity contribution in [3.8, 4) is 0 Å². The van der Waals surface area contributed by atoms with E-state index >= 15 is 0 Å². The molecule has 0 saturated heterocycles. The van der Waals surface area contributed by atoms with Crippen molar-refractivity contribution in [1.29, 1.82) is 0 Å². The highest BCUT2D eigenvalue weighted by molar-refractivity contribution is 5.97. The quantitative estimate of drug-likeness (QED) is 0.862. The topological polar surface area (TPSA) is 72.2 Å². The van der Waals surface area contributed by atoms with E-state index in [0.29, 0.717) is 11.5 Å². The third kappa shape index (κ3) is 3.97. The second-order valence-electron chi connectivity index (χ2n) is 7.33. The Morgan fingerprint density at radius 2 is 1.54 bits per heavy atom. The molecule has 3 N–H and O–H groups in total. The van der Waals surface area contributed by atoms with Gasteiger partial charge in [0.25, 0.3) is 0 Å². The highest BCUT2D eigenvalue weighted by Gasteiger charge is 2.23. The Labute approximate surface area is 144 Å². The molecule has 2 amide bonds. The smallest absolute Gasteiger partial charge is 0.248 e. The summed E-state index contributed by atoms with van der Waals surface area (Å²) in [5.41, 5.74) is 7.99. The first-order valence-corrected chi connectivity index (χ1v) is 9.40. The minimum atomic E-state index is -0.374. The van der Waals surface area contributed by atoms with Crippen molar-refractivity contribution in [3.05, 3.63) is 29.3 Å². The van der Waals surface area contributed by atoms with Gasteiger partial charge in [0.15, 0.2) is 0 Å². The second kappa shape index (κ2) is 7.82. The van der Waals surface area contributed by atoms with Gasteiger partial charge in [0.1, 0.15) is 0 Å². The van der Waals surface area contributed by atoms with Crippen molar-refractivity contribution in [1.82, 2.24) is 0 Å². The monoisotopic (exact) mass is 328 g/mol. The fourth-order valence-electron chi connectivity index (χ4n) is 4.23. The van der Waals surface area contributed by atoms with Crippen LogP contribution in [0.3, 0.4) is 0 Å². The van der Waals surface area contributed by atoms with Crippen LogP contribution in [-0.4, -0.2) is 11.8 Å². The van der Waals surface area contributed by atoms with Gasteiger partial charge in [0, 0.05) is 17.2 Å². The molecule has 0 radical (unpaired) electrons. The minimum absolute atomic E-state index is 0.121. The predicted octanol–water partition coefficient (Wildman–Crippen LogP) is 4.35. The SMILES string of the molecule is NC(=O)c1ccc(NC(=O)C2CCCCC2)cc1C1CCCCC1. The zero-order chi connectivity index (χ0) is 16.9. The van der Waals surface area contributed by atoms with Gasteiger partial charge in [0.2, 0.25) is 11.8 Å². The number of amides is 2. The number of carbonyl (C=O) groups is 2. The minimum Gasteiger partial charge on any atom is -0.366 e. The van der Waals surface area contributed by atoms with Crippen molar-refractivity contribution >= 4 is 17.5 Å². The number of carbonyl (C=O) groups excluding carboxylic acids is 2. The van der Waals surface area contributed by atoms with Crippen LogP contribution in [-0.2, 0) is 4.79 Å². The molecule has 0 spiro atoms. The average molecular weight is 328 g/mol. The fraction of sp³-hybridized carbons (Fsp3) is 0.600. The summed E-state index contributed by atoms with van der Waals surface area (Å²) in [5, 5.41) is 3.07. The number of nitrogens with two attached hydrogens (primary N) is 1. The lowest BCUT2D eigenvalue weighted by atomic mass is 9.81. The molecule has 2 saturated carbocycles. The molecule has 2 aliphatic carbocycles. The lowest BCUT2D eigenvalue weighted by Crippen LogP contribution is -2.25. The summed E-state index contributed by atoms with van der Waals surface area (Å²) >= 11 is 0. The van der Waals surface area contributed by atoms with Gasteiger partial charge in [0.05, 0.1) is 0 Å². The molecule has 0 unspecified atom stereocenters. The molecular weight excluding hydrogens is 300 g/mol. The first-order chi connectivity index (χ1) is 11.6. The molecule has 0 aliphatic heterocycles. The Balaban J connectivity index is 1.78. The maximum atomic E-state index is 12.5. The van der Waals surface area contributed by atoms with Crippen LogP contribution in [0.1, 0.15) is 86.0 Å². The van der Waals surface area contributed by atoms with E-state index in [1.54, 1.807) is 6.07 Å². The Morgan fingerprint density at radius 3 is 2.17 bits per heavy atom. The maximum absolute atomic E-state index is 12.5. The molecule has 1 aromatic rings. The highest BCUT2D eigenvalue weighted by atomic mass is 16.2. The lowest BCUT2D eigenvalue weighted by molar-refractivity contribution is -0.120. The van der Waals surface area contributed by atoms with Crippen molar-refractivity contribution in [2.24, 2.45) is 11.7 Å². The summed E-state index contributed by atoms with van der Waals surface area (Å²) in [7, 11) is 0. The fourth-order valence-corrected chi connectivity index (χ4v) is 4.23.